The molecule has 3 atom stereocenters. The molecule has 0 saturated heterocycles. The maximum atomic E-state index is 5.90. The van der Waals surface area contributed by atoms with Crippen LogP contribution >= 0.6 is 0 Å². The molecular formula is C15H26N2O2. The number of rotatable bonds is 9. The molecule has 1 aromatic carbocycles. The zero-order valence-corrected chi connectivity index (χ0v) is 12.1. The second kappa shape index (κ2) is 9.04. The van der Waals surface area contributed by atoms with E-state index in [0.29, 0.717) is 12.5 Å². The maximum absolute atomic E-state index is 5.90. The summed E-state index contributed by atoms with van der Waals surface area (Å²) < 4.78 is 11.0. The molecule has 0 fully saturated rings. The van der Waals surface area contributed by atoms with E-state index in [1.54, 1.807) is 7.11 Å². The molecule has 0 bridgehead atoms. The quantitative estimate of drug-likeness (QED) is 0.532. The Labute approximate surface area is 116 Å². The molecule has 0 aliphatic heterocycles. The number of methoxy groups -OCH3 is 1. The molecule has 19 heavy (non-hydrogen) atoms. The van der Waals surface area contributed by atoms with Gasteiger partial charge in [0.05, 0.1) is 12.1 Å². The van der Waals surface area contributed by atoms with Crippen LogP contribution in [0.5, 0.6) is 0 Å². The summed E-state index contributed by atoms with van der Waals surface area (Å²) in [4.78, 5) is 0. The highest BCUT2D eigenvalue weighted by Crippen LogP contribution is 2.26. The number of hydrazine groups is 1. The molecule has 1 aromatic rings. The van der Waals surface area contributed by atoms with Crippen molar-refractivity contribution >= 4 is 0 Å². The SMILES string of the molecule is CCOC(c1ccccc1)C(NN)C(C)CCOC. The van der Waals surface area contributed by atoms with Crippen LogP contribution in [0.15, 0.2) is 30.3 Å². The molecule has 108 valence electrons. The molecule has 3 unspecified atom stereocenters. The van der Waals surface area contributed by atoms with Crippen LogP contribution in [0.25, 0.3) is 0 Å². The van der Waals surface area contributed by atoms with Crippen molar-refractivity contribution in [3.05, 3.63) is 35.9 Å². The summed E-state index contributed by atoms with van der Waals surface area (Å²) >= 11 is 0. The van der Waals surface area contributed by atoms with E-state index in [9.17, 15) is 0 Å². The minimum Gasteiger partial charge on any atom is -0.385 e. The first-order chi connectivity index (χ1) is 9.24. The third kappa shape index (κ3) is 4.91. The Morgan fingerprint density at radius 3 is 2.47 bits per heavy atom. The molecule has 3 N–H and O–H groups in total. The summed E-state index contributed by atoms with van der Waals surface area (Å²) in [5.74, 6) is 6.11. The van der Waals surface area contributed by atoms with E-state index in [1.165, 1.54) is 0 Å². The molecule has 0 aromatic heterocycles. The highest BCUT2D eigenvalue weighted by atomic mass is 16.5. The van der Waals surface area contributed by atoms with E-state index in [0.717, 1.165) is 18.6 Å². The molecule has 0 amide bonds. The zero-order chi connectivity index (χ0) is 14.1. The highest BCUT2D eigenvalue weighted by molar-refractivity contribution is 5.19. The van der Waals surface area contributed by atoms with Crippen LogP contribution in [0.2, 0.25) is 0 Å². The molecule has 0 aliphatic rings. The monoisotopic (exact) mass is 266 g/mol. The van der Waals surface area contributed by atoms with Crippen LogP contribution in [0, 0.1) is 5.92 Å². The van der Waals surface area contributed by atoms with Gasteiger partial charge in [0.15, 0.2) is 0 Å². The second-order valence-electron chi connectivity index (χ2n) is 4.74. The number of benzene rings is 1. The summed E-state index contributed by atoms with van der Waals surface area (Å²) in [7, 11) is 1.72. The predicted molar refractivity (Wildman–Crippen MR) is 77.6 cm³/mol. The smallest absolute Gasteiger partial charge is 0.0993 e. The number of ether oxygens (including phenoxy) is 2. The van der Waals surface area contributed by atoms with E-state index in [2.05, 4.69) is 24.5 Å². The maximum Gasteiger partial charge on any atom is 0.0993 e. The Morgan fingerprint density at radius 1 is 1.26 bits per heavy atom. The van der Waals surface area contributed by atoms with Crippen LogP contribution in [0.3, 0.4) is 0 Å². The first kappa shape index (κ1) is 16.1. The van der Waals surface area contributed by atoms with Crippen molar-refractivity contribution in [3.63, 3.8) is 0 Å². The number of hydrogen-bond donors (Lipinski definition) is 2. The fourth-order valence-electron chi connectivity index (χ4n) is 2.26. The van der Waals surface area contributed by atoms with Crippen LogP contribution in [0.1, 0.15) is 31.9 Å². The van der Waals surface area contributed by atoms with E-state index in [1.807, 2.05) is 25.1 Å². The summed E-state index contributed by atoms with van der Waals surface area (Å²) in [5.41, 5.74) is 4.06. The molecule has 4 nitrogen and oxygen atoms in total. The van der Waals surface area contributed by atoms with E-state index >= 15 is 0 Å². The molecule has 1 rings (SSSR count). The lowest BCUT2D eigenvalue weighted by atomic mass is 9.90. The number of nitrogens with one attached hydrogen (secondary N) is 1. The van der Waals surface area contributed by atoms with E-state index in [4.69, 9.17) is 15.3 Å². The first-order valence-electron chi connectivity index (χ1n) is 6.86. The van der Waals surface area contributed by atoms with Gasteiger partial charge in [-0.3, -0.25) is 11.3 Å². The fraction of sp³-hybridized carbons (Fsp3) is 0.600. The number of hydrogen-bond acceptors (Lipinski definition) is 4. The minimum absolute atomic E-state index is 0.0388. The zero-order valence-electron chi connectivity index (χ0n) is 12.1. The van der Waals surface area contributed by atoms with Crippen LogP contribution in [0.4, 0.5) is 0 Å². The van der Waals surface area contributed by atoms with Crippen molar-refractivity contribution in [2.75, 3.05) is 20.3 Å². The average Bonchev–Trinajstić information content (AvgIpc) is 2.46. The van der Waals surface area contributed by atoms with Gasteiger partial charge in [0.2, 0.25) is 0 Å². The van der Waals surface area contributed by atoms with Gasteiger partial charge in [-0.15, -0.1) is 0 Å². The molecule has 0 heterocycles. The lowest BCUT2D eigenvalue weighted by Crippen LogP contribution is -2.45. The standard InChI is InChI=1S/C15H26N2O2/c1-4-19-15(13-8-6-5-7-9-13)14(17-16)12(2)10-11-18-3/h5-9,12,14-15,17H,4,10-11,16H2,1-3H3. The molecular weight excluding hydrogens is 240 g/mol. The van der Waals surface area contributed by atoms with Gasteiger partial charge < -0.3 is 9.47 Å². The van der Waals surface area contributed by atoms with Gasteiger partial charge >= 0.3 is 0 Å². The van der Waals surface area contributed by atoms with Crippen molar-refractivity contribution < 1.29 is 9.47 Å². The highest BCUT2D eigenvalue weighted by Gasteiger charge is 2.27. The third-order valence-electron chi connectivity index (χ3n) is 3.38. The van der Waals surface area contributed by atoms with Crippen molar-refractivity contribution in [2.24, 2.45) is 11.8 Å². The van der Waals surface area contributed by atoms with Crippen LogP contribution in [-0.4, -0.2) is 26.4 Å². The summed E-state index contributed by atoms with van der Waals surface area (Å²) in [6.07, 6.45) is 0.907. The summed E-state index contributed by atoms with van der Waals surface area (Å²) in [6.45, 7) is 5.56. The van der Waals surface area contributed by atoms with Crippen LogP contribution in [-0.2, 0) is 9.47 Å². The van der Waals surface area contributed by atoms with Crippen molar-refractivity contribution in [1.29, 1.82) is 0 Å². The van der Waals surface area contributed by atoms with E-state index in [-0.39, 0.29) is 12.1 Å². The lowest BCUT2D eigenvalue weighted by Gasteiger charge is -2.31. The Morgan fingerprint density at radius 2 is 1.95 bits per heavy atom. The van der Waals surface area contributed by atoms with Gasteiger partial charge in [0, 0.05) is 20.3 Å². The van der Waals surface area contributed by atoms with Crippen molar-refractivity contribution in [3.8, 4) is 0 Å². The Hall–Kier alpha value is -0.940. The number of nitrogens with two attached hydrogens (primary N) is 1. The Bertz CT molecular complexity index is 332. The normalized spacial score (nSPS) is 16.0. The van der Waals surface area contributed by atoms with Gasteiger partial charge in [0.25, 0.3) is 0 Å². The van der Waals surface area contributed by atoms with Crippen LogP contribution < -0.4 is 11.3 Å². The Balaban J connectivity index is 2.82. The summed E-state index contributed by atoms with van der Waals surface area (Å²) in [6, 6.07) is 10.3. The first-order valence-corrected chi connectivity index (χ1v) is 6.86. The van der Waals surface area contributed by atoms with Gasteiger partial charge in [-0.1, -0.05) is 37.3 Å². The van der Waals surface area contributed by atoms with Gasteiger partial charge in [-0.05, 0) is 24.8 Å². The van der Waals surface area contributed by atoms with Crippen molar-refractivity contribution in [1.82, 2.24) is 5.43 Å². The topological polar surface area (TPSA) is 56.5 Å². The third-order valence-corrected chi connectivity index (χ3v) is 3.38. The largest absolute Gasteiger partial charge is 0.385 e. The molecule has 4 heteroatoms. The molecule has 0 radical (unpaired) electrons. The molecule has 0 saturated carbocycles. The second-order valence-corrected chi connectivity index (χ2v) is 4.74. The van der Waals surface area contributed by atoms with E-state index < -0.39 is 0 Å². The average molecular weight is 266 g/mol. The van der Waals surface area contributed by atoms with Gasteiger partial charge in [-0.25, -0.2) is 0 Å². The fourth-order valence-corrected chi connectivity index (χ4v) is 2.26. The predicted octanol–water partition coefficient (Wildman–Crippen LogP) is 2.27. The Kier molecular flexibility index (Phi) is 7.67. The molecule has 0 spiro atoms. The van der Waals surface area contributed by atoms with Gasteiger partial charge in [0.1, 0.15) is 0 Å². The van der Waals surface area contributed by atoms with Gasteiger partial charge in [-0.2, -0.15) is 0 Å². The summed E-state index contributed by atoms with van der Waals surface area (Å²) in [5, 5.41) is 0. The lowest BCUT2D eigenvalue weighted by molar-refractivity contribution is 0.0135. The minimum atomic E-state index is -0.0388. The van der Waals surface area contributed by atoms with Crippen molar-refractivity contribution in [2.45, 2.75) is 32.4 Å². The molecule has 0 aliphatic carbocycles.